The van der Waals surface area contributed by atoms with E-state index in [9.17, 15) is 9.59 Å². The van der Waals surface area contributed by atoms with Crippen LogP contribution in [-0.4, -0.2) is 69.3 Å². The zero-order valence-electron chi connectivity index (χ0n) is 19.1. The summed E-state index contributed by atoms with van der Waals surface area (Å²) in [6.45, 7) is 3.21. The molecule has 0 saturated carbocycles. The maximum atomic E-state index is 13.2. The minimum atomic E-state index is -0.399. The SMILES string of the molecule is COCCN(CC(=O)N1CCc2ccccc2C1C)C(=O)Nc1ccc(OC)cc1OC. The highest BCUT2D eigenvalue weighted by molar-refractivity contribution is 5.93. The van der Waals surface area contributed by atoms with E-state index >= 15 is 0 Å². The van der Waals surface area contributed by atoms with Gasteiger partial charge in [0.05, 0.1) is 32.6 Å². The summed E-state index contributed by atoms with van der Waals surface area (Å²) in [7, 11) is 4.64. The van der Waals surface area contributed by atoms with Crippen molar-refractivity contribution < 1.29 is 23.8 Å². The Morgan fingerprint density at radius 2 is 1.91 bits per heavy atom. The molecule has 0 bridgehead atoms. The summed E-state index contributed by atoms with van der Waals surface area (Å²) in [5.74, 6) is 0.988. The molecule has 3 rings (SSSR count). The van der Waals surface area contributed by atoms with Gasteiger partial charge in [0.25, 0.3) is 0 Å². The minimum absolute atomic E-state index is 0.0403. The van der Waals surface area contributed by atoms with Crippen LogP contribution in [0.1, 0.15) is 24.1 Å². The topological polar surface area (TPSA) is 80.3 Å². The normalized spacial score (nSPS) is 15.0. The second-order valence-corrected chi connectivity index (χ2v) is 7.62. The molecule has 1 unspecified atom stereocenters. The molecule has 2 aromatic carbocycles. The fourth-order valence-corrected chi connectivity index (χ4v) is 3.92. The Hall–Kier alpha value is -3.26. The summed E-state index contributed by atoms with van der Waals surface area (Å²) in [6.07, 6.45) is 0.805. The van der Waals surface area contributed by atoms with Gasteiger partial charge >= 0.3 is 6.03 Å². The van der Waals surface area contributed by atoms with Crippen LogP contribution < -0.4 is 14.8 Å². The van der Waals surface area contributed by atoms with E-state index in [-0.39, 0.29) is 25.0 Å². The van der Waals surface area contributed by atoms with Gasteiger partial charge in [-0.2, -0.15) is 0 Å². The monoisotopic (exact) mass is 441 g/mol. The molecule has 0 aromatic heterocycles. The Balaban J connectivity index is 1.72. The summed E-state index contributed by atoms with van der Waals surface area (Å²) >= 11 is 0. The van der Waals surface area contributed by atoms with E-state index in [1.54, 1.807) is 32.4 Å². The van der Waals surface area contributed by atoms with Crippen molar-refractivity contribution in [2.45, 2.75) is 19.4 Å². The maximum absolute atomic E-state index is 13.2. The highest BCUT2D eigenvalue weighted by Crippen LogP contribution is 2.30. The Kier molecular flexibility index (Phi) is 7.94. The van der Waals surface area contributed by atoms with Gasteiger partial charge in [-0.15, -0.1) is 0 Å². The smallest absolute Gasteiger partial charge is 0.322 e. The molecule has 1 atom stereocenters. The van der Waals surface area contributed by atoms with E-state index in [4.69, 9.17) is 14.2 Å². The van der Waals surface area contributed by atoms with Crippen molar-refractivity contribution in [1.29, 1.82) is 0 Å². The lowest BCUT2D eigenvalue weighted by molar-refractivity contribution is -0.134. The van der Waals surface area contributed by atoms with Crippen molar-refractivity contribution in [2.75, 3.05) is 52.9 Å². The first kappa shape index (κ1) is 23.4. The number of urea groups is 1. The van der Waals surface area contributed by atoms with E-state index in [1.807, 2.05) is 24.0 Å². The van der Waals surface area contributed by atoms with Crippen molar-refractivity contribution in [3.63, 3.8) is 0 Å². The molecule has 1 aliphatic rings. The molecule has 1 aliphatic heterocycles. The first-order chi connectivity index (χ1) is 15.5. The Morgan fingerprint density at radius 3 is 2.62 bits per heavy atom. The molecular formula is C24H31N3O5. The molecule has 0 radical (unpaired) electrons. The predicted molar refractivity (Wildman–Crippen MR) is 122 cm³/mol. The second-order valence-electron chi connectivity index (χ2n) is 7.62. The number of hydrogen-bond acceptors (Lipinski definition) is 5. The average Bonchev–Trinajstić information content (AvgIpc) is 2.82. The summed E-state index contributed by atoms with van der Waals surface area (Å²) in [5.41, 5.74) is 2.92. The Morgan fingerprint density at radius 1 is 1.12 bits per heavy atom. The molecule has 3 amide bonds. The average molecular weight is 442 g/mol. The molecule has 0 spiro atoms. The maximum Gasteiger partial charge on any atom is 0.322 e. The fourth-order valence-electron chi connectivity index (χ4n) is 3.92. The number of benzene rings is 2. The van der Waals surface area contributed by atoms with Crippen LogP contribution in [-0.2, 0) is 16.0 Å². The number of fused-ring (bicyclic) bond motifs is 1. The third kappa shape index (κ3) is 5.31. The van der Waals surface area contributed by atoms with Crippen molar-refractivity contribution in [2.24, 2.45) is 0 Å². The van der Waals surface area contributed by atoms with E-state index in [2.05, 4.69) is 17.4 Å². The summed E-state index contributed by atoms with van der Waals surface area (Å²) < 4.78 is 15.7. The summed E-state index contributed by atoms with van der Waals surface area (Å²) in [4.78, 5) is 29.5. The van der Waals surface area contributed by atoms with Gasteiger partial charge in [0, 0.05) is 26.3 Å². The van der Waals surface area contributed by atoms with Crippen LogP contribution >= 0.6 is 0 Å². The van der Waals surface area contributed by atoms with Crippen LogP contribution in [0, 0.1) is 0 Å². The van der Waals surface area contributed by atoms with Crippen LogP contribution in [0.15, 0.2) is 42.5 Å². The highest BCUT2D eigenvalue weighted by atomic mass is 16.5. The molecule has 0 fully saturated rings. The number of hydrogen-bond donors (Lipinski definition) is 1. The molecule has 0 aliphatic carbocycles. The van der Waals surface area contributed by atoms with E-state index in [0.29, 0.717) is 30.3 Å². The Bertz CT molecular complexity index is 949. The van der Waals surface area contributed by atoms with Crippen LogP contribution in [0.4, 0.5) is 10.5 Å². The first-order valence-electron chi connectivity index (χ1n) is 10.6. The minimum Gasteiger partial charge on any atom is -0.497 e. The lowest BCUT2D eigenvalue weighted by atomic mass is 9.93. The molecule has 8 heteroatoms. The molecule has 2 aromatic rings. The van der Waals surface area contributed by atoms with Crippen LogP contribution in [0.25, 0.3) is 0 Å². The number of nitrogens with one attached hydrogen (secondary N) is 1. The van der Waals surface area contributed by atoms with Crippen molar-refractivity contribution >= 4 is 17.6 Å². The number of carbonyl (C=O) groups is 2. The first-order valence-corrected chi connectivity index (χ1v) is 10.6. The van der Waals surface area contributed by atoms with Gasteiger partial charge in [0.1, 0.15) is 18.0 Å². The summed E-state index contributed by atoms with van der Waals surface area (Å²) in [5, 5.41) is 2.84. The number of carbonyl (C=O) groups excluding carboxylic acids is 2. The third-order valence-electron chi connectivity index (χ3n) is 5.74. The second kappa shape index (κ2) is 10.9. The number of methoxy groups -OCH3 is 3. The van der Waals surface area contributed by atoms with E-state index in [0.717, 1.165) is 12.0 Å². The third-order valence-corrected chi connectivity index (χ3v) is 5.74. The van der Waals surface area contributed by atoms with Crippen molar-refractivity contribution in [3.05, 3.63) is 53.6 Å². The lowest BCUT2D eigenvalue weighted by Crippen LogP contribution is -2.48. The van der Waals surface area contributed by atoms with Crippen molar-refractivity contribution in [3.8, 4) is 11.5 Å². The molecule has 0 saturated heterocycles. The predicted octanol–water partition coefficient (Wildman–Crippen LogP) is 3.33. The van der Waals surface area contributed by atoms with Crippen molar-refractivity contribution in [1.82, 2.24) is 9.80 Å². The van der Waals surface area contributed by atoms with Gasteiger partial charge in [-0.3, -0.25) is 4.79 Å². The van der Waals surface area contributed by atoms with Gasteiger partial charge in [-0.1, -0.05) is 24.3 Å². The number of rotatable bonds is 8. The zero-order valence-corrected chi connectivity index (χ0v) is 19.1. The highest BCUT2D eigenvalue weighted by Gasteiger charge is 2.29. The molecule has 1 N–H and O–H groups in total. The van der Waals surface area contributed by atoms with Gasteiger partial charge in [-0.05, 0) is 36.6 Å². The van der Waals surface area contributed by atoms with Crippen LogP contribution in [0.3, 0.4) is 0 Å². The molecule has 1 heterocycles. The zero-order chi connectivity index (χ0) is 23.1. The van der Waals surface area contributed by atoms with Gasteiger partial charge in [0.2, 0.25) is 5.91 Å². The molecule has 172 valence electrons. The van der Waals surface area contributed by atoms with Gasteiger partial charge in [-0.25, -0.2) is 4.79 Å². The van der Waals surface area contributed by atoms with Gasteiger partial charge in [0.15, 0.2) is 0 Å². The lowest BCUT2D eigenvalue weighted by Gasteiger charge is -2.36. The van der Waals surface area contributed by atoms with Crippen LogP contribution in [0.5, 0.6) is 11.5 Å². The van der Waals surface area contributed by atoms with Crippen LogP contribution in [0.2, 0.25) is 0 Å². The molecule has 32 heavy (non-hydrogen) atoms. The van der Waals surface area contributed by atoms with E-state index < -0.39 is 6.03 Å². The quantitative estimate of drug-likeness (QED) is 0.680. The largest absolute Gasteiger partial charge is 0.497 e. The van der Waals surface area contributed by atoms with Gasteiger partial charge < -0.3 is 29.3 Å². The number of ether oxygens (including phenoxy) is 3. The Labute approximate surface area is 189 Å². The number of amides is 3. The molecular weight excluding hydrogens is 410 g/mol. The van der Waals surface area contributed by atoms with E-state index in [1.165, 1.54) is 17.6 Å². The number of anilines is 1. The summed E-state index contributed by atoms with van der Waals surface area (Å²) in [6, 6.07) is 12.9. The standard InChI is InChI=1S/C24H31N3O5/c1-17-20-8-6-5-7-18(20)11-12-27(17)23(28)16-26(13-14-30-2)24(29)25-21-10-9-19(31-3)15-22(21)32-4/h5-10,15,17H,11-14,16H2,1-4H3,(H,25,29). The number of nitrogens with zero attached hydrogens (tertiary/aromatic N) is 2. The fraction of sp³-hybridized carbons (Fsp3) is 0.417. The molecule has 8 nitrogen and oxygen atoms in total.